The Morgan fingerprint density at radius 2 is 1.70 bits per heavy atom. The van der Waals surface area contributed by atoms with E-state index in [1.54, 1.807) is 30.9 Å². The molecule has 0 saturated carbocycles. The normalized spacial score (nSPS) is 11.0. The number of benzene rings is 3. The van der Waals surface area contributed by atoms with Crippen molar-refractivity contribution in [1.82, 2.24) is 14.5 Å². The molecule has 0 amide bonds. The van der Waals surface area contributed by atoms with Crippen LogP contribution in [0.2, 0.25) is 0 Å². The first-order valence-corrected chi connectivity index (χ1v) is 11.1. The molecule has 0 saturated heterocycles. The standard InChI is InChI=1S/C29H21N5O.2ClH/c1-34-19-32-17-28(34)29(35-18-21-8-6-20(15-30)7-9-21)22-10-11-23(16-31)26(14-22)24-12-13-33-27-5-3-2-4-25(24)27;;/h2-14,17,19,29H,18H2,1H3;2*1H. The smallest absolute Gasteiger partial charge is 0.124 e. The van der Waals surface area contributed by atoms with Crippen LogP contribution in [0.15, 0.2) is 91.5 Å². The molecular weight excluding hydrogens is 505 g/mol. The van der Waals surface area contributed by atoms with Crippen molar-refractivity contribution in [2.45, 2.75) is 12.7 Å². The monoisotopic (exact) mass is 527 g/mol. The number of aromatic nitrogens is 3. The van der Waals surface area contributed by atoms with Gasteiger partial charge in [0.05, 0.1) is 53.6 Å². The molecular formula is C29H23Cl2N5O. The third-order valence-corrected chi connectivity index (χ3v) is 6.03. The van der Waals surface area contributed by atoms with Crippen molar-refractivity contribution in [3.05, 3.63) is 119 Å². The minimum Gasteiger partial charge on any atom is -0.363 e. The molecule has 6 nitrogen and oxygen atoms in total. The number of imidazole rings is 1. The van der Waals surface area contributed by atoms with E-state index in [1.165, 1.54) is 0 Å². The fraction of sp³-hybridized carbons (Fsp3) is 0.103. The third-order valence-electron chi connectivity index (χ3n) is 6.03. The van der Waals surface area contributed by atoms with Crippen LogP contribution in [0.5, 0.6) is 0 Å². The van der Waals surface area contributed by atoms with Crippen LogP contribution >= 0.6 is 24.8 Å². The highest BCUT2D eigenvalue weighted by molar-refractivity contribution is 5.95. The molecule has 8 heteroatoms. The second-order valence-electron chi connectivity index (χ2n) is 8.22. The number of ether oxygens (including phenoxy) is 1. The van der Waals surface area contributed by atoms with Crippen LogP contribution in [0.4, 0.5) is 0 Å². The van der Waals surface area contributed by atoms with E-state index in [1.807, 2.05) is 72.3 Å². The number of rotatable bonds is 6. The first kappa shape index (κ1) is 27.4. The SMILES string of the molecule is Cl.Cl.Cn1cncc1C(OCc1ccc(C#N)cc1)c1ccc(C#N)c(-c2ccnc3ccccc23)c1. The van der Waals surface area contributed by atoms with Crippen molar-refractivity contribution in [3.63, 3.8) is 0 Å². The topological polar surface area (TPSA) is 87.5 Å². The van der Waals surface area contributed by atoms with Crippen molar-refractivity contribution >= 4 is 35.7 Å². The number of halogens is 2. The molecule has 5 aromatic rings. The van der Waals surface area contributed by atoms with Gasteiger partial charge in [-0.15, -0.1) is 24.8 Å². The zero-order valence-corrected chi connectivity index (χ0v) is 21.5. The molecule has 5 rings (SSSR count). The summed E-state index contributed by atoms with van der Waals surface area (Å²) >= 11 is 0. The molecule has 1 atom stereocenters. The summed E-state index contributed by atoms with van der Waals surface area (Å²) in [6.45, 7) is 0.356. The lowest BCUT2D eigenvalue weighted by Gasteiger charge is -2.20. The van der Waals surface area contributed by atoms with E-state index in [4.69, 9.17) is 10.00 Å². The number of aryl methyl sites for hydroxylation is 1. The highest BCUT2D eigenvalue weighted by Gasteiger charge is 2.21. The second-order valence-corrected chi connectivity index (χ2v) is 8.22. The summed E-state index contributed by atoms with van der Waals surface area (Å²) in [6, 6.07) is 27.5. The molecule has 0 fully saturated rings. The maximum atomic E-state index is 9.87. The molecule has 0 aliphatic rings. The van der Waals surface area contributed by atoms with Gasteiger partial charge in [-0.3, -0.25) is 4.98 Å². The summed E-state index contributed by atoms with van der Waals surface area (Å²) in [5, 5.41) is 19.9. The number of fused-ring (bicyclic) bond motifs is 1. The van der Waals surface area contributed by atoms with E-state index < -0.39 is 6.10 Å². The van der Waals surface area contributed by atoms with E-state index in [2.05, 4.69) is 22.1 Å². The molecule has 0 radical (unpaired) electrons. The first-order valence-electron chi connectivity index (χ1n) is 11.1. The van der Waals surface area contributed by atoms with Crippen LogP contribution < -0.4 is 0 Å². The maximum Gasteiger partial charge on any atom is 0.124 e. The number of pyridine rings is 1. The Labute approximate surface area is 227 Å². The second kappa shape index (κ2) is 12.2. The van der Waals surface area contributed by atoms with E-state index in [0.717, 1.165) is 38.9 Å². The number of para-hydroxylation sites is 1. The first-order chi connectivity index (χ1) is 17.2. The van der Waals surface area contributed by atoms with Gasteiger partial charge in [0.25, 0.3) is 0 Å². The van der Waals surface area contributed by atoms with Crippen molar-refractivity contribution in [2.75, 3.05) is 0 Å². The van der Waals surface area contributed by atoms with Gasteiger partial charge in [-0.25, -0.2) is 4.98 Å². The van der Waals surface area contributed by atoms with Crippen molar-refractivity contribution in [3.8, 4) is 23.3 Å². The zero-order valence-electron chi connectivity index (χ0n) is 19.9. The van der Waals surface area contributed by atoms with Gasteiger partial charge in [-0.2, -0.15) is 10.5 Å². The number of nitrogens with zero attached hydrogens (tertiary/aromatic N) is 5. The third kappa shape index (κ3) is 5.63. The Hall–Kier alpha value is -4.20. The fourth-order valence-electron chi connectivity index (χ4n) is 4.20. The number of nitriles is 2. The van der Waals surface area contributed by atoms with Crippen molar-refractivity contribution in [1.29, 1.82) is 10.5 Å². The minimum atomic E-state index is -0.405. The molecule has 37 heavy (non-hydrogen) atoms. The lowest BCUT2D eigenvalue weighted by molar-refractivity contribution is 0.0622. The van der Waals surface area contributed by atoms with E-state index in [0.29, 0.717) is 17.7 Å². The van der Waals surface area contributed by atoms with E-state index in [-0.39, 0.29) is 24.8 Å². The number of hydrogen-bond donors (Lipinski definition) is 0. The lowest BCUT2D eigenvalue weighted by atomic mass is 9.93. The van der Waals surface area contributed by atoms with Gasteiger partial charge < -0.3 is 9.30 Å². The van der Waals surface area contributed by atoms with Gasteiger partial charge in [-0.05, 0) is 53.1 Å². The van der Waals surface area contributed by atoms with Gasteiger partial charge in [0.1, 0.15) is 6.10 Å². The summed E-state index contributed by atoms with van der Waals surface area (Å²) in [5.74, 6) is 0. The Kier molecular flexibility index (Phi) is 9.00. The van der Waals surface area contributed by atoms with Crippen LogP contribution in [0, 0.1) is 22.7 Å². The largest absolute Gasteiger partial charge is 0.363 e. The van der Waals surface area contributed by atoms with Crippen LogP contribution in [-0.2, 0) is 18.4 Å². The van der Waals surface area contributed by atoms with E-state index in [9.17, 15) is 5.26 Å². The molecule has 3 aromatic carbocycles. The molecule has 2 heterocycles. The zero-order chi connectivity index (χ0) is 24.2. The molecule has 0 aliphatic carbocycles. The van der Waals surface area contributed by atoms with Crippen LogP contribution in [0.1, 0.15) is 34.1 Å². The highest BCUT2D eigenvalue weighted by Crippen LogP contribution is 2.35. The van der Waals surface area contributed by atoms with Gasteiger partial charge in [-0.1, -0.05) is 36.4 Å². The van der Waals surface area contributed by atoms with E-state index >= 15 is 0 Å². The average molecular weight is 528 g/mol. The highest BCUT2D eigenvalue weighted by atomic mass is 35.5. The summed E-state index contributed by atoms with van der Waals surface area (Å²) in [4.78, 5) is 8.76. The average Bonchev–Trinajstić information content (AvgIpc) is 3.34. The van der Waals surface area contributed by atoms with Gasteiger partial charge in [0, 0.05) is 24.2 Å². The quantitative estimate of drug-likeness (QED) is 0.250. The molecule has 0 aliphatic heterocycles. The maximum absolute atomic E-state index is 9.87. The fourth-order valence-corrected chi connectivity index (χ4v) is 4.20. The summed E-state index contributed by atoms with van der Waals surface area (Å²) < 4.78 is 8.36. The summed E-state index contributed by atoms with van der Waals surface area (Å²) in [6.07, 6.45) is 4.90. The van der Waals surface area contributed by atoms with Crippen molar-refractivity contribution < 1.29 is 4.74 Å². The lowest BCUT2D eigenvalue weighted by Crippen LogP contribution is -2.11. The number of hydrogen-bond acceptors (Lipinski definition) is 5. The Bertz CT molecular complexity index is 1590. The van der Waals surface area contributed by atoms with Crippen LogP contribution in [0.25, 0.3) is 22.0 Å². The molecule has 2 aromatic heterocycles. The molecule has 184 valence electrons. The van der Waals surface area contributed by atoms with Gasteiger partial charge in [0.2, 0.25) is 0 Å². The van der Waals surface area contributed by atoms with Crippen LogP contribution in [-0.4, -0.2) is 14.5 Å². The predicted octanol–water partition coefficient (Wildman–Crippen LogP) is 6.53. The Balaban J connectivity index is 0.00000190. The Morgan fingerprint density at radius 1 is 0.919 bits per heavy atom. The Morgan fingerprint density at radius 3 is 2.41 bits per heavy atom. The van der Waals surface area contributed by atoms with Crippen LogP contribution in [0.3, 0.4) is 0 Å². The molecule has 0 spiro atoms. The summed E-state index contributed by atoms with van der Waals surface area (Å²) in [7, 11) is 1.93. The molecule has 0 bridgehead atoms. The summed E-state index contributed by atoms with van der Waals surface area (Å²) in [5.41, 5.74) is 6.62. The molecule has 1 unspecified atom stereocenters. The van der Waals surface area contributed by atoms with Gasteiger partial charge in [0.15, 0.2) is 0 Å². The van der Waals surface area contributed by atoms with Crippen molar-refractivity contribution in [2.24, 2.45) is 7.05 Å². The molecule has 0 N–H and O–H groups in total. The predicted molar refractivity (Wildman–Crippen MR) is 147 cm³/mol. The van der Waals surface area contributed by atoms with Gasteiger partial charge >= 0.3 is 0 Å². The minimum absolute atomic E-state index is 0.